The molecule has 0 saturated carbocycles. The van der Waals surface area contributed by atoms with Crippen molar-refractivity contribution in [1.29, 1.82) is 0 Å². The maximum atomic E-state index is 14.0. The number of nitrogens with zero attached hydrogens (tertiary/aromatic N) is 2. The van der Waals surface area contributed by atoms with E-state index in [1.165, 1.54) is 4.90 Å². The number of carbonyl (C=O) groups is 4. The number of likely N-dealkylation sites (tertiary alicyclic amines) is 1. The van der Waals surface area contributed by atoms with Gasteiger partial charge in [0.25, 0.3) is 5.91 Å². The van der Waals surface area contributed by atoms with Gasteiger partial charge in [-0.3, -0.25) is 14.4 Å². The highest BCUT2D eigenvalue weighted by Gasteiger charge is 2.49. The van der Waals surface area contributed by atoms with Gasteiger partial charge >= 0.3 is 5.97 Å². The molecule has 0 unspecified atom stereocenters. The lowest BCUT2D eigenvalue weighted by Crippen LogP contribution is -2.58. The second-order valence-electron chi connectivity index (χ2n) is 11.2. The van der Waals surface area contributed by atoms with E-state index < -0.39 is 36.0 Å². The maximum absolute atomic E-state index is 14.0. The van der Waals surface area contributed by atoms with E-state index in [0.717, 1.165) is 27.7 Å². The molecule has 3 aromatic rings. The molecule has 6 rings (SSSR count). The third-order valence-electron chi connectivity index (χ3n) is 8.30. The standard InChI is InChI=1S/C30H32N4O5/c1-16(2)14-22(29(37)33-13-7-12-23(33)30(38)39)32-27(35)24-15-20-17-8-5-6-11-21(17)31-25(20)26-18-9-3-4-10-19(18)28(36)34(24)26/h3-6,8-11,16,22-24,26,31H,7,12-15H2,1-2H3,(H,32,35)(H,38,39)/t22-,23-,24-,26-/m0/s1. The maximum Gasteiger partial charge on any atom is 0.326 e. The van der Waals surface area contributed by atoms with Crippen LogP contribution in [0.2, 0.25) is 0 Å². The summed E-state index contributed by atoms with van der Waals surface area (Å²) in [6, 6.07) is 12.3. The molecule has 3 amide bonds. The number of hydrogen-bond donors (Lipinski definition) is 3. The summed E-state index contributed by atoms with van der Waals surface area (Å²) in [6.07, 6.45) is 1.69. The highest BCUT2D eigenvalue weighted by atomic mass is 16.4. The summed E-state index contributed by atoms with van der Waals surface area (Å²) in [6.45, 7) is 4.27. The Balaban J connectivity index is 1.36. The van der Waals surface area contributed by atoms with Crippen LogP contribution >= 0.6 is 0 Å². The first-order valence-corrected chi connectivity index (χ1v) is 13.6. The quantitative estimate of drug-likeness (QED) is 0.453. The third kappa shape index (κ3) is 4.07. The van der Waals surface area contributed by atoms with Crippen molar-refractivity contribution in [3.63, 3.8) is 0 Å². The molecule has 1 fully saturated rings. The number of rotatable bonds is 6. The number of aromatic amines is 1. The summed E-state index contributed by atoms with van der Waals surface area (Å²) in [5.74, 6) is -1.93. The summed E-state index contributed by atoms with van der Waals surface area (Å²) in [7, 11) is 0. The third-order valence-corrected chi connectivity index (χ3v) is 8.30. The number of para-hydroxylation sites is 1. The number of aromatic nitrogens is 1. The van der Waals surface area contributed by atoms with E-state index in [4.69, 9.17) is 0 Å². The van der Waals surface area contributed by atoms with Crippen molar-refractivity contribution >= 4 is 34.6 Å². The van der Waals surface area contributed by atoms with Crippen LogP contribution in [0.4, 0.5) is 0 Å². The van der Waals surface area contributed by atoms with Crippen LogP contribution in [0, 0.1) is 5.92 Å². The average molecular weight is 529 g/mol. The number of fused-ring (bicyclic) bond motifs is 7. The molecule has 0 bridgehead atoms. The summed E-state index contributed by atoms with van der Waals surface area (Å²) in [5, 5.41) is 13.6. The highest BCUT2D eigenvalue weighted by molar-refractivity contribution is 6.04. The van der Waals surface area contributed by atoms with E-state index in [2.05, 4.69) is 10.3 Å². The number of carboxylic acids is 1. The molecule has 0 radical (unpaired) electrons. The summed E-state index contributed by atoms with van der Waals surface area (Å²) >= 11 is 0. The van der Waals surface area contributed by atoms with Gasteiger partial charge < -0.3 is 25.2 Å². The van der Waals surface area contributed by atoms with Crippen LogP contribution in [-0.2, 0) is 20.8 Å². The van der Waals surface area contributed by atoms with Crippen LogP contribution in [0.3, 0.4) is 0 Å². The van der Waals surface area contributed by atoms with Crippen LogP contribution < -0.4 is 5.32 Å². The van der Waals surface area contributed by atoms with E-state index >= 15 is 0 Å². The number of nitrogens with one attached hydrogen (secondary N) is 2. The number of amides is 3. The molecule has 1 aromatic heterocycles. The van der Waals surface area contributed by atoms with Crippen LogP contribution in [0.15, 0.2) is 48.5 Å². The lowest BCUT2D eigenvalue weighted by molar-refractivity contribution is -0.149. The van der Waals surface area contributed by atoms with Gasteiger partial charge in [-0.1, -0.05) is 50.2 Å². The molecular formula is C30H32N4O5. The zero-order valence-corrected chi connectivity index (χ0v) is 22.0. The number of carbonyl (C=O) groups excluding carboxylic acids is 3. The predicted molar refractivity (Wildman–Crippen MR) is 144 cm³/mol. The molecule has 202 valence electrons. The van der Waals surface area contributed by atoms with Crippen molar-refractivity contribution in [3.8, 4) is 0 Å². The Kier molecular flexibility index (Phi) is 6.16. The lowest BCUT2D eigenvalue weighted by Gasteiger charge is -2.38. The van der Waals surface area contributed by atoms with Gasteiger partial charge in [0.1, 0.15) is 18.1 Å². The average Bonchev–Trinajstić information content (AvgIpc) is 3.62. The number of H-pyrrole nitrogens is 1. The smallest absolute Gasteiger partial charge is 0.326 e. The fraction of sp³-hybridized carbons (Fsp3) is 0.400. The van der Waals surface area contributed by atoms with Gasteiger partial charge in [-0.2, -0.15) is 0 Å². The summed E-state index contributed by atoms with van der Waals surface area (Å²) < 4.78 is 0. The Bertz CT molecular complexity index is 1490. The number of aliphatic carboxylic acids is 1. The predicted octanol–water partition coefficient (Wildman–Crippen LogP) is 3.24. The van der Waals surface area contributed by atoms with E-state index in [9.17, 15) is 24.3 Å². The molecular weight excluding hydrogens is 496 g/mol. The molecule has 3 aliphatic heterocycles. The van der Waals surface area contributed by atoms with Gasteiger partial charge in [-0.25, -0.2) is 4.79 Å². The van der Waals surface area contributed by atoms with Crippen LogP contribution in [0.1, 0.15) is 66.3 Å². The Hall–Kier alpha value is -4.14. The Morgan fingerprint density at radius 3 is 2.59 bits per heavy atom. The largest absolute Gasteiger partial charge is 0.480 e. The molecule has 2 aromatic carbocycles. The molecule has 4 heterocycles. The van der Waals surface area contributed by atoms with Gasteiger partial charge in [0.05, 0.1) is 6.04 Å². The van der Waals surface area contributed by atoms with E-state index in [1.807, 2.05) is 56.3 Å². The molecule has 9 nitrogen and oxygen atoms in total. The second-order valence-corrected chi connectivity index (χ2v) is 11.2. The van der Waals surface area contributed by atoms with Gasteiger partial charge in [0.2, 0.25) is 11.8 Å². The monoisotopic (exact) mass is 528 g/mol. The van der Waals surface area contributed by atoms with Gasteiger partial charge in [0, 0.05) is 35.1 Å². The van der Waals surface area contributed by atoms with E-state index in [0.29, 0.717) is 37.8 Å². The number of hydrogen-bond acceptors (Lipinski definition) is 4. The van der Waals surface area contributed by atoms with Crippen molar-refractivity contribution in [2.24, 2.45) is 5.92 Å². The lowest BCUT2D eigenvalue weighted by atomic mass is 9.89. The summed E-state index contributed by atoms with van der Waals surface area (Å²) in [5.41, 5.74) is 4.28. The Morgan fingerprint density at radius 2 is 1.82 bits per heavy atom. The minimum absolute atomic E-state index is 0.0853. The van der Waals surface area contributed by atoms with Gasteiger partial charge in [-0.05, 0) is 48.4 Å². The first-order valence-electron chi connectivity index (χ1n) is 13.6. The van der Waals surface area contributed by atoms with E-state index in [1.54, 1.807) is 11.0 Å². The molecule has 1 saturated heterocycles. The molecule has 4 atom stereocenters. The molecule has 39 heavy (non-hydrogen) atoms. The molecule has 3 N–H and O–H groups in total. The zero-order valence-electron chi connectivity index (χ0n) is 22.0. The van der Waals surface area contributed by atoms with Crippen LogP contribution in [0.25, 0.3) is 10.9 Å². The Labute approximate surface area is 226 Å². The van der Waals surface area contributed by atoms with Gasteiger partial charge in [-0.15, -0.1) is 0 Å². The Morgan fingerprint density at radius 1 is 1.08 bits per heavy atom. The SMILES string of the molecule is CC(C)C[C@H](NC(=O)[C@@H]1Cc2c([nH]c3ccccc23)[C@@H]2c3ccccc3C(=O)N21)C(=O)N1CCC[C@H]1C(=O)O. The van der Waals surface area contributed by atoms with Crippen LogP contribution in [0.5, 0.6) is 0 Å². The first-order chi connectivity index (χ1) is 18.8. The number of carboxylic acid groups (broad SMARTS) is 1. The fourth-order valence-corrected chi connectivity index (χ4v) is 6.59. The van der Waals surface area contributed by atoms with Crippen molar-refractivity contribution in [2.45, 2.75) is 63.7 Å². The topological polar surface area (TPSA) is 123 Å². The minimum Gasteiger partial charge on any atom is -0.480 e. The normalized spacial score (nSPS) is 22.5. The van der Waals surface area contributed by atoms with Crippen LogP contribution in [-0.4, -0.2) is 68.3 Å². The minimum atomic E-state index is -1.03. The van der Waals surface area contributed by atoms with Gasteiger partial charge in [0.15, 0.2) is 0 Å². The molecule has 9 heteroatoms. The van der Waals surface area contributed by atoms with Crippen molar-refractivity contribution in [1.82, 2.24) is 20.1 Å². The van der Waals surface area contributed by atoms with Crippen molar-refractivity contribution < 1.29 is 24.3 Å². The summed E-state index contributed by atoms with van der Waals surface area (Å²) in [4.78, 5) is 59.6. The molecule has 3 aliphatic rings. The van der Waals surface area contributed by atoms with Crippen molar-refractivity contribution in [2.75, 3.05) is 6.54 Å². The molecule has 0 aliphatic carbocycles. The fourth-order valence-electron chi connectivity index (χ4n) is 6.59. The number of benzene rings is 2. The molecule has 0 spiro atoms. The second kappa shape index (κ2) is 9.55. The highest BCUT2D eigenvalue weighted by Crippen LogP contribution is 2.46. The van der Waals surface area contributed by atoms with Crippen molar-refractivity contribution in [3.05, 3.63) is 70.9 Å². The first kappa shape index (κ1) is 25.2. The zero-order chi connectivity index (χ0) is 27.4. The van der Waals surface area contributed by atoms with E-state index in [-0.39, 0.29) is 17.7 Å².